The maximum atomic E-state index is 12.1. The molecule has 2 aliphatic rings. The van der Waals surface area contributed by atoms with Crippen molar-refractivity contribution in [2.75, 3.05) is 19.8 Å². The summed E-state index contributed by atoms with van der Waals surface area (Å²) in [7, 11) is 0.602. The zero-order valence-corrected chi connectivity index (χ0v) is 19.3. The smallest absolute Gasteiger partial charge is 0.270 e. The third kappa shape index (κ3) is 4.41. The van der Waals surface area contributed by atoms with Gasteiger partial charge in [0, 0.05) is 36.5 Å². The van der Waals surface area contributed by atoms with E-state index in [1.54, 1.807) is 12.3 Å². The molecule has 1 aliphatic carbocycles. The number of fused-ring (bicyclic) bond motifs is 1. The van der Waals surface area contributed by atoms with Crippen molar-refractivity contribution in [3.8, 4) is 5.75 Å². The first-order valence-corrected chi connectivity index (χ1v) is 12.5. The fourth-order valence-electron chi connectivity index (χ4n) is 4.08. The first kappa shape index (κ1) is 21.1. The van der Waals surface area contributed by atoms with Crippen molar-refractivity contribution in [1.29, 1.82) is 0 Å². The highest BCUT2D eigenvalue weighted by atomic mass is 31.1. The van der Waals surface area contributed by atoms with Crippen molar-refractivity contribution in [2.45, 2.75) is 38.5 Å². The molecule has 1 unspecified atom stereocenters. The number of pyridine rings is 2. The lowest BCUT2D eigenvalue weighted by molar-refractivity contribution is 0.0145. The number of carbonyl (C=O) groups excluding carboxylic acids is 1. The molecule has 5 rings (SSSR count). The van der Waals surface area contributed by atoms with E-state index in [0.29, 0.717) is 26.1 Å². The molecule has 1 saturated heterocycles. The van der Waals surface area contributed by atoms with Gasteiger partial charge in [-0.2, -0.15) is 0 Å². The Bertz CT molecular complexity index is 1210. The Morgan fingerprint density at radius 1 is 1.28 bits per heavy atom. The zero-order valence-electron chi connectivity index (χ0n) is 18.3. The van der Waals surface area contributed by atoms with Crippen LogP contribution in [-0.2, 0) is 6.54 Å². The predicted octanol–water partition coefficient (Wildman–Crippen LogP) is 2.32. The maximum Gasteiger partial charge on any atom is 0.270 e. The van der Waals surface area contributed by atoms with Crippen molar-refractivity contribution in [3.05, 3.63) is 63.7 Å². The number of H-pyrrole nitrogens is 1. The van der Waals surface area contributed by atoms with E-state index in [9.17, 15) is 9.59 Å². The normalized spacial score (nSPS) is 17.1. The van der Waals surface area contributed by atoms with Crippen LogP contribution in [-0.4, -0.2) is 52.7 Å². The highest BCUT2D eigenvalue weighted by molar-refractivity contribution is 7.47. The molecule has 3 aromatic rings. The second kappa shape index (κ2) is 8.64. The van der Waals surface area contributed by atoms with E-state index in [0.717, 1.165) is 48.9 Å². The second-order valence-electron chi connectivity index (χ2n) is 8.66. The summed E-state index contributed by atoms with van der Waals surface area (Å²) in [6, 6.07) is 10.1. The maximum absolute atomic E-state index is 12.1. The molecule has 8 heteroatoms. The van der Waals surface area contributed by atoms with Crippen LogP contribution in [0.1, 0.15) is 34.5 Å². The van der Waals surface area contributed by atoms with Crippen molar-refractivity contribution >= 4 is 30.7 Å². The van der Waals surface area contributed by atoms with E-state index in [2.05, 4.69) is 39.0 Å². The lowest BCUT2D eigenvalue weighted by atomic mass is 10.1. The SMILES string of the molecule is CPc1c(CN2CC(Oc3ccc(C(=O)NC4CC4)nc3)C2)ccc2cc(C)c(=O)[nH]c12. The van der Waals surface area contributed by atoms with Gasteiger partial charge in [0.05, 0.1) is 11.7 Å². The number of nitrogens with zero attached hydrogens (tertiary/aromatic N) is 2. The van der Waals surface area contributed by atoms with Gasteiger partial charge in [0.25, 0.3) is 11.5 Å². The molecule has 1 amide bonds. The molecular formula is C24H27N4O3P. The third-order valence-corrected chi connectivity index (χ3v) is 7.12. The van der Waals surface area contributed by atoms with Gasteiger partial charge >= 0.3 is 0 Å². The van der Waals surface area contributed by atoms with E-state index in [-0.39, 0.29) is 17.6 Å². The molecule has 2 fully saturated rings. The number of aryl methyl sites for hydroxylation is 1. The Kier molecular flexibility index (Phi) is 5.70. The van der Waals surface area contributed by atoms with E-state index < -0.39 is 0 Å². The van der Waals surface area contributed by atoms with E-state index in [1.807, 2.05) is 19.1 Å². The van der Waals surface area contributed by atoms with Gasteiger partial charge in [-0.05, 0) is 55.6 Å². The number of ether oxygens (including phenoxy) is 1. The van der Waals surface area contributed by atoms with Gasteiger partial charge < -0.3 is 15.0 Å². The molecule has 32 heavy (non-hydrogen) atoms. The largest absolute Gasteiger partial charge is 0.486 e. The second-order valence-corrected chi connectivity index (χ2v) is 9.66. The molecule has 2 aromatic heterocycles. The molecule has 3 heterocycles. The van der Waals surface area contributed by atoms with E-state index in [1.165, 1.54) is 10.9 Å². The molecule has 1 aromatic carbocycles. The Hall–Kier alpha value is -2.76. The highest BCUT2D eigenvalue weighted by Crippen LogP contribution is 2.24. The first-order chi connectivity index (χ1) is 15.5. The Balaban J connectivity index is 1.19. The standard InChI is InChI=1S/C24H27N4O3P/c1-14-9-15-3-4-16(22(32-2)21(15)27-23(14)29)11-28-12-19(13-28)31-18-7-8-20(25-10-18)24(30)26-17-5-6-17/h3-4,7-10,17,19,32H,5-6,11-13H2,1-2H3,(H,26,30)(H,27,29). The summed E-state index contributed by atoms with van der Waals surface area (Å²) >= 11 is 0. The van der Waals surface area contributed by atoms with Gasteiger partial charge in [0.2, 0.25) is 0 Å². The minimum Gasteiger partial charge on any atom is -0.486 e. The summed E-state index contributed by atoms with van der Waals surface area (Å²) in [5, 5.41) is 5.25. The number of nitrogens with one attached hydrogen (secondary N) is 2. The van der Waals surface area contributed by atoms with Crippen LogP contribution >= 0.6 is 8.58 Å². The van der Waals surface area contributed by atoms with Crippen LogP contribution in [0.5, 0.6) is 5.75 Å². The summed E-state index contributed by atoms with van der Waals surface area (Å²) in [4.78, 5) is 33.8. The minimum atomic E-state index is -0.117. The van der Waals surface area contributed by atoms with Crippen LogP contribution in [0.15, 0.2) is 41.3 Å². The summed E-state index contributed by atoms with van der Waals surface area (Å²) < 4.78 is 6.02. The van der Waals surface area contributed by atoms with Crippen LogP contribution in [0, 0.1) is 6.92 Å². The third-order valence-electron chi connectivity index (χ3n) is 6.04. The lowest BCUT2D eigenvalue weighted by Gasteiger charge is -2.39. The fraction of sp³-hybridized carbons (Fsp3) is 0.375. The molecule has 0 radical (unpaired) electrons. The molecule has 0 spiro atoms. The number of likely N-dealkylation sites (tertiary alicyclic amines) is 1. The minimum absolute atomic E-state index is 0.0174. The number of amides is 1. The summed E-state index contributed by atoms with van der Waals surface area (Å²) in [5.74, 6) is 0.570. The number of hydrogen-bond donors (Lipinski definition) is 2. The number of hydrogen-bond acceptors (Lipinski definition) is 5. The number of rotatable bonds is 7. The van der Waals surface area contributed by atoms with Crippen molar-refractivity contribution in [2.24, 2.45) is 0 Å². The molecule has 1 atom stereocenters. The lowest BCUT2D eigenvalue weighted by Crippen LogP contribution is -2.53. The average Bonchev–Trinajstić information content (AvgIpc) is 3.57. The van der Waals surface area contributed by atoms with Crippen LogP contribution in [0.4, 0.5) is 0 Å². The predicted molar refractivity (Wildman–Crippen MR) is 128 cm³/mol. The van der Waals surface area contributed by atoms with Crippen molar-refractivity contribution in [1.82, 2.24) is 20.2 Å². The molecule has 7 nitrogen and oxygen atoms in total. The number of aromatic nitrogens is 2. The molecule has 2 N–H and O–H groups in total. The van der Waals surface area contributed by atoms with Crippen LogP contribution < -0.4 is 20.9 Å². The molecular weight excluding hydrogens is 423 g/mol. The van der Waals surface area contributed by atoms with Gasteiger partial charge in [0.15, 0.2) is 0 Å². The molecule has 0 bridgehead atoms. The number of carbonyl (C=O) groups is 1. The van der Waals surface area contributed by atoms with E-state index in [4.69, 9.17) is 4.74 Å². The highest BCUT2D eigenvalue weighted by Gasteiger charge is 2.29. The van der Waals surface area contributed by atoms with Crippen molar-refractivity contribution in [3.63, 3.8) is 0 Å². The monoisotopic (exact) mass is 450 g/mol. The number of benzene rings is 1. The van der Waals surface area contributed by atoms with Gasteiger partial charge in [-0.25, -0.2) is 4.98 Å². The topological polar surface area (TPSA) is 87.3 Å². The van der Waals surface area contributed by atoms with Gasteiger partial charge in [-0.15, -0.1) is 0 Å². The summed E-state index contributed by atoms with van der Waals surface area (Å²) in [5.41, 5.74) is 3.37. The first-order valence-electron chi connectivity index (χ1n) is 11.0. The molecule has 1 saturated carbocycles. The Morgan fingerprint density at radius 2 is 2.09 bits per heavy atom. The fourth-order valence-corrected chi connectivity index (χ4v) is 5.02. The van der Waals surface area contributed by atoms with Crippen LogP contribution in [0.2, 0.25) is 0 Å². The summed E-state index contributed by atoms with van der Waals surface area (Å²) in [6.45, 7) is 6.49. The quantitative estimate of drug-likeness (QED) is 0.540. The molecule has 1 aliphatic heterocycles. The van der Waals surface area contributed by atoms with Crippen LogP contribution in [0.3, 0.4) is 0 Å². The van der Waals surface area contributed by atoms with E-state index >= 15 is 0 Å². The Labute approximate surface area is 188 Å². The average molecular weight is 450 g/mol. The van der Waals surface area contributed by atoms with Gasteiger partial charge in [-0.1, -0.05) is 20.7 Å². The van der Waals surface area contributed by atoms with Gasteiger partial charge in [0.1, 0.15) is 17.5 Å². The molecule has 166 valence electrons. The summed E-state index contributed by atoms with van der Waals surface area (Å²) in [6.07, 6.45) is 3.85. The van der Waals surface area contributed by atoms with Gasteiger partial charge in [-0.3, -0.25) is 14.5 Å². The Morgan fingerprint density at radius 3 is 2.78 bits per heavy atom. The number of aromatic amines is 1. The zero-order chi connectivity index (χ0) is 22.2. The van der Waals surface area contributed by atoms with Crippen molar-refractivity contribution < 1.29 is 9.53 Å². The van der Waals surface area contributed by atoms with Crippen LogP contribution in [0.25, 0.3) is 10.9 Å².